The van der Waals surface area contributed by atoms with Gasteiger partial charge in [0.2, 0.25) is 12.7 Å². The van der Waals surface area contributed by atoms with E-state index in [9.17, 15) is 14.4 Å². The summed E-state index contributed by atoms with van der Waals surface area (Å²) in [5, 5.41) is 3.48. The van der Waals surface area contributed by atoms with Gasteiger partial charge in [0.15, 0.2) is 11.5 Å². The van der Waals surface area contributed by atoms with E-state index in [1.807, 2.05) is 42.5 Å². The number of imide groups is 1. The number of fused-ring (bicyclic) bond motifs is 1. The lowest BCUT2D eigenvalue weighted by atomic mass is 9.93. The molecule has 0 spiro atoms. The number of urea groups is 1. The molecule has 0 bridgehead atoms. The second-order valence-electron chi connectivity index (χ2n) is 7.61. The maximum absolute atomic E-state index is 12.8. The Bertz CT molecular complexity index is 978. The molecule has 8 nitrogen and oxygen atoms in total. The maximum atomic E-state index is 12.8. The summed E-state index contributed by atoms with van der Waals surface area (Å²) in [5.74, 6) is 0.455. The summed E-state index contributed by atoms with van der Waals surface area (Å²) in [6.45, 7) is 1.86. The number of ether oxygens (including phenoxy) is 2. The molecule has 0 saturated carbocycles. The Hall–Kier alpha value is -3.55. The van der Waals surface area contributed by atoms with Gasteiger partial charge in [0.05, 0.1) is 0 Å². The third kappa shape index (κ3) is 4.07. The molecule has 2 N–H and O–H groups in total. The van der Waals surface area contributed by atoms with Crippen molar-refractivity contribution in [1.29, 1.82) is 0 Å². The van der Waals surface area contributed by atoms with Crippen LogP contribution >= 0.6 is 0 Å². The van der Waals surface area contributed by atoms with Crippen LogP contribution in [0.5, 0.6) is 11.5 Å². The molecular formula is C22H23N3O5. The molecule has 8 heteroatoms. The Labute approximate surface area is 174 Å². The van der Waals surface area contributed by atoms with Gasteiger partial charge in [-0.3, -0.25) is 15.0 Å². The SMILES string of the molecule is CC1(CCc2ccccc2)NC(=O)N(NC(=O)CCc2ccc3c(c2)OCO3)C1=O. The van der Waals surface area contributed by atoms with Crippen molar-refractivity contribution < 1.29 is 23.9 Å². The summed E-state index contributed by atoms with van der Waals surface area (Å²) in [7, 11) is 0. The molecule has 1 atom stereocenters. The fourth-order valence-electron chi connectivity index (χ4n) is 3.53. The number of nitrogens with zero attached hydrogens (tertiary/aromatic N) is 1. The highest BCUT2D eigenvalue weighted by Gasteiger charge is 2.48. The Balaban J connectivity index is 1.31. The lowest BCUT2D eigenvalue weighted by Gasteiger charge is -2.21. The van der Waals surface area contributed by atoms with Gasteiger partial charge >= 0.3 is 6.03 Å². The molecule has 2 aromatic carbocycles. The summed E-state index contributed by atoms with van der Waals surface area (Å²) < 4.78 is 10.6. The molecule has 1 fully saturated rings. The Morgan fingerprint density at radius 2 is 1.83 bits per heavy atom. The molecule has 0 aromatic heterocycles. The van der Waals surface area contributed by atoms with E-state index >= 15 is 0 Å². The van der Waals surface area contributed by atoms with E-state index in [0.29, 0.717) is 30.8 Å². The van der Waals surface area contributed by atoms with E-state index in [2.05, 4.69) is 10.7 Å². The van der Waals surface area contributed by atoms with Crippen LogP contribution < -0.4 is 20.2 Å². The average Bonchev–Trinajstić information content (AvgIpc) is 3.30. The highest BCUT2D eigenvalue weighted by molar-refractivity contribution is 6.07. The van der Waals surface area contributed by atoms with Gasteiger partial charge < -0.3 is 14.8 Å². The van der Waals surface area contributed by atoms with Crippen LogP contribution in [0.1, 0.15) is 30.9 Å². The number of amides is 4. The van der Waals surface area contributed by atoms with Crippen molar-refractivity contribution >= 4 is 17.8 Å². The molecule has 0 aliphatic carbocycles. The standard InChI is InChI=1S/C22H23N3O5/c1-22(12-11-15-5-3-2-4-6-15)20(27)25(21(28)23-22)24-19(26)10-8-16-7-9-17-18(13-16)30-14-29-17/h2-7,9,13H,8,10-12,14H2,1H3,(H,23,28)(H,24,26). The van der Waals surface area contributed by atoms with Crippen molar-refractivity contribution in [2.75, 3.05) is 6.79 Å². The van der Waals surface area contributed by atoms with Crippen LogP contribution in [-0.4, -0.2) is 35.2 Å². The molecule has 1 saturated heterocycles. The fraction of sp³-hybridized carbons (Fsp3) is 0.318. The molecule has 2 aliphatic rings. The highest BCUT2D eigenvalue weighted by Crippen LogP contribution is 2.32. The molecule has 1 unspecified atom stereocenters. The van der Waals surface area contributed by atoms with Crippen LogP contribution in [0.2, 0.25) is 0 Å². The average molecular weight is 409 g/mol. The number of carbonyl (C=O) groups excluding carboxylic acids is 3. The molecule has 2 aromatic rings. The minimum atomic E-state index is -1.06. The van der Waals surface area contributed by atoms with Gasteiger partial charge in [-0.1, -0.05) is 36.4 Å². The molecule has 2 heterocycles. The van der Waals surface area contributed by atoms with Crippen molar-refractivity contribution in [2.45, 2.75) is 38.1 Å². The highest BCUT2D eigenvalue weighted by atomic mass is 16.7. The zero-order chi connectivity index (χ0) is 21.1. The fourth-order valence-corrected chi connectivity index (χ4v) is 3.53. The van der Waals surface area contributed by atoms with Gasteiger partial charge in [-0.05, 0) is 49.4 Å². The summed E-state index contributed by atoms with van der Waals surface area (Å²) in [4.78, 5) is 37.4. The van der Waals surface area contributed by atoms with E-state index in [1.54, 1.807) is 13.0 Å². The summed E-state index contributed by atoms with van der Waals surface area (Å²) in [5.41, 5.74) is 3.35. The smallest absolute Gasteiger partial charge is 0.344 e. The zero-order valence-electron chi connectivity index (χ0n) is 16.6. The van der Waals surface area contributed by atoms with Gasteiger partial charge in [-0.15, -0.1) is 0 Å². The van der Waals surface area contributed by atoms with Crippen molar-refractivity contribution in [3.8, 4) is 11.5 Å². The van der Waals surface area contributed by atoms with E-state index in [0.717, 1.165) is 16.1 Å². The maximum Gasteiger partial charge on any atom is 0.344 e. The Kier molecular flexibility index (Phi) is 5.31. The molecule has 30 heavy (non-hydrogen) atoms. The third-order valence-corrected chi connectivity index (χ3v) is 5.33. The first-order valence-corrected chi connectivity index (χ1v) is 9.83. The first kappa shape index (κ1) is 19.8. The largest absolute Gasteiger partial charge is 0.454 e. The molecule has 0 radical (unpaired) electrons. The number of benzene rings is 2. The summed E-state index contributed by atoms with van der Waals surface area (Å²) in [6.07, 6.45) is 1.63. The number of hydrogen-bond donors (Lipinski definition) is 2. The summed E-state index contributed by atoms with van der Waals surface area (Å²) >= 11 is 0. The minimum absolute atomic E-state index is 0.122. The molecule has 2 aliphatic heterocycles. The van der Waals surface area contributed by atoms with Crippen LogP contribution in [0.15, 0.2) is 48.5 Å². The third-order valence-electron chi connectivity index (χ3n) is 5.33. The molecule has 156 valence electrons. The van der Waals surface area contributed by atoms with Crippen LogP contribution in [-0.2, 0) is 22.4 Å². The van der Waals surface area contributed by atoms with Gasteiger partial charge in [0.25, 0.3) is 5.91 Å². The predicted molar refractivity (Wildman–Crippen MR) is 108 cm³/mol. The normalized spacial score (nSPS) is 19.7. The van der Waals surface area contributed by atoms with Crippen LogP contribution in [0.4, 0.5) is 4.79 Å². The minimum Gasteiger partial charge on any atom is -0.454 e. The van der Waals surface area contributed by atoms with Crippen LogP contribution in [0.3, 0.4) is 0 Å². The van der Waals surface area contributed by atoms with Gasteiger partial charge in [0.1, 0.15) is 5.54 Å². The van der Waals surface area contributed by atoms with Crippen molar-refractivity contribution in [3.63, 3.8) is 0 Å². The summed E-state index contributed by atoms with van der Waals surface area (Å²) in [6, 6.07) is 14.6. The number of hydrazine groups is 1. The second-order valence-corrected chi connectivity index (χ2v) is 7.61. The second kappa shape index (κ2) is 8.06. The van der Waals surface area contributed by atoms with Crippen LogP contribution in [0, 0.1) is 0 Å². The van der Waals surface area contributed by atoms with Crippen molar-refractivity contribution in [1.82, 2.24) is 15.8 Å². The van der Waals surface area contributed by atoms with E-state index in [4.69, 9.17) is 9.47 Å². The Morgan fingerprint density at radius 1 is 1.07 bits per heavy atom. The zero-order valence-corrected chi connectivity index (χ0v) is 16.6. The predicted octanol–water partition coefficient (Wildman–Crippen LogP) is 2.32. The van der Waals surface area contributed by atoms with E-state index < -0.39 is 23.4 Å². The number of carbonyl (C=O) groups is 3. The Morgan fingerprint density at radius 3 is 2.63 bits per heavy atom. The van der Waals surface area contributed by atoms with Gasteiger partial charge in [0, 0.05) is 6.42 Å². The lowest BCUT2D eigenvalue weighted by molar-refractivity contribution is -0.138. The monoisotopic (exact) mass is 409 g/mol. The molecule has 4 rings (SSSR count). The molecule has 4 amide bonds. The van der Waals surface area contributed by atoms with Crippen molar-refractivity contribution in [2.24, 2.45) is 0 Å². The van der Waals surface area contributed by atoms with Gasteiger partial charge in [-0.2, -0.15) is 5.01 Å². The first-order valence-electron chi connectivity index (χ1n) is 9.83. The van der Waals surface area contributed by atoms with E-state index in [1.165, 1.54) is 0 Å². The quantitative estimate of drug-likeness (QED) is 0.684. The van der Waals surface area contributed by atoms with Crippen molar-refractivity contribution in [3.05, 3.63) is 59.7 Å². The van der Waals surface area contributed by atoms with Crippen LogP contribution in [0.25, 0.3) is 0 Å². The number of aryl methyl sites for hydroxylation is 2. The number of rotatable bonds is 7. The molecular weight excluding hydrogens is 386 g/mol. The number of hydrogen-bond acceptors (Lipinski definition) is 5. The number of nitrogens with one attached hydrogen (secondary N) is 2. The topological polar surface area (TPSA) is 97.0 Å². The first-order chi connectivity index (χ1) is 14.4. The lowest BCUT2D eigenvalue weighted by Crippen LogP contribution is -2.49. The van der Waals surface area contributed by atoms with Gasteiger partial charge in [-0.25, -0.2) is 4.79 Å². The van der Waals surface area contributed by atoms with E-state index in [-0.39, 0.29) is 13.2 Å².